The standard InChI is InChI=1S/C13H19N7/c1-3-20(4-2)13-17-11(16-12(18-13)19-14)15-10-8-6-5-7-9-10/h5-9H,3-4,14H2,1-2H3,(H2,15,16,17,18,19). The van der Waals surface area contributed by atoms with E-state index in [1.54, 1.807) is 0 Å². The lowest BCUT2D eigenvalue weighted by Gasteiger charge is -2.19. The van der Waals surface area contributed by atoms with Crippen molar-refractivity contribution in [1.82, 2.24) is 15.0 Å². The average Bonchev–Trinajstić information content (AvgIpc) is 2.49. The molecule has 0 aliphatic heterocycles. The molecular formula is C13H19N7. The average molecular weight is 273 g/mol. The first kappa shape index (κ1) is 14.0. The molecule has 0 saturated carbocycles. The Balaban J connectivity index is 2.30. The van der Waals surface area contributed by atoms with Crippen LogP contribution in [0, 0.1) is 0 Å². The molecule has 1 aromatic heterocycles. The second kappa shape index (κ2) is 6.67. The van der Waals surface area contributed by atoms with Crippen LogP contribution in [0.25, 0.3) is 0 Å². The number of rotatable bonds is 6. The molecule has 0 spiro atoms. The minimum atomic E-state index is 0.334. The second-order valence-corrected chi connectivity index (χ2v) is 4.09. The monoisotopic (exact) mass is 273 g/mol. The lowest BCUT2D eigenvalue weighted by molar-refractivity contribution is 0.814. The van der Waals surface area contributed by atoms with Gasteiger partial charge in [0, 0.05) is 18.8 Å². The molecule has 2 rings (SSSR count). The van der Waals surface area contributed by atoms with Crippen LogP contribution in [-0.2, 0) is 0 Å². The summed E-state index contributed by atoms with van der Waals surface area (Å²) in [5, 5.41) is 3.14. The van der Waals surface area contributed by atoms with Crippen LogP contribution in [0.1, 0.15) is 13.8 Å². The topological polar surface area (TPSA) is 92.0 Å². The van der Waals surface area contributed by atoms with Crippen LogP contribution < -0.4 is 21.5 Å². The molecule has 20 heavy (non-hydrogen) atoms. The Morgan fingerprint density at radius 2 is 1.65 bits per heavy atom. The Kier molecular flexibility index (Phi) is 4.67. The number of nitrogens with zero attached hydrogens (tertiary/aromatic N) is 4. The van der Waals surface area contributed by atoms with E-state index in [-0.39, 0.29) is 0 Å². The van der Waals surface area contributed by atoms with Gasteiger partial charge in [-0.05, 0) is 26.0 Å². The fourth-order valence-electron chi connectivity index (χ4n) is 1.78. The van der Waals surface area contributed by atoms with Gasteiger partial charge in [0.2, 0.25) is 17.8 Å². The number of hydrogen-bond donors (Lipinski definition) is 3. The molecule has 7 nitrogen and oxygen atoms in total. The summed E-state index contributed by atoms with van der Waals surface area (Å²) in [6, 6.07) is 9.72. The molecular weight excluding hydrogens is 254 g/mol. The molecule has 0 aliphatic rings. The van der Waals surface area contributed by atoms with Crippen molar-refractivity contribution in [2.45, 2.75) is 13.8 Å². The summed E-state index contributed by atoms with van der Waals surface area (Å²) in [7, 11) is 0. The van der Waals surface area contributed by atoms with Crippen LogP contribution in [0.5, 0.6) is 0 Å². The summed E-state index contributed by atoms with van der Waals surface area (Å²) in [6.07, 6.45) is 0. The largest absolute Gasteiger partial charge is 0.341 e. The Morgan fingerprint density at radius 3 is 2.25 bits per heavy atom. The normalized spacial score (nSPS) is 10.2. The maximum absolute atomic E-state index is 5.41. The highest BCUT2D eigenvalue weighted by atomic mass is 15.4. The number of benzene rings is 1. The molecule has 106 valence electrons. The molecule has 7 heteroatoms. The SMILES string of the molecule is CCN(CC)c1nc(NN)nc(Nc2ccccc2)n1. The maximum atomic E-state index is 5.41. The van der Waals surface area contributed by atoms with Gasteiger partial charge in [-0.15, -0.1) is 0 Å². The molecule has 0 atom stereocenters. The first-order chi connectivity index (χ1) is 9.76. The molecule has 0 unspecified atom stereocenters. The van der Waals surface area contributed by atoms with Gasteiger partial charge in [-0.25, -0.2) is 5.84 Å². The van der Waals surface area contributed by atoms with Gasteiger partial charge in [-0.2, -0.15) is 15.0 Å². The van der Waals surface area contributed by atoms with Gasteiger partial charge in [0.25, 0.3) is 0 Å². The molecule has 0 aliphatic carbocycles. The number of nitrogens with one attached hydrogen (secondary N) is 2. The van der Waals surface area contributed by atoms with Gasteiger partial charge in [0.05, 0.1) is 0 Å². The molecule has 0 fully saturated rings. The van der Waals surface area contributed by atoms with Crippen LogP contribution in [-0.4, -0.2) is 28.0 Å². The Hall–Kier alpha value is -2.41. The highest BCUT2D eigenvalue weighted by Gasteiger charge is 2.10. The van der Waals surface area contributed by atoms with Crippen molar-refractivity contribution in [2.24, 2.45) is 5.84 Å². The van der Waals surface area contributed by atoms with Gasteiger partial charge >= 0.3 is 0 Å². The molecule has 1 heterocycles. The molecule has 0 radical (unpaired) electrons. The van der Waals surface area contributed by atoms with E-state index >= 15 is 0 Å². The second-order valence-electron chi connectivity index (χ2n) is 4.09. The third-order valence-corrected chi connectivity index (χ3v) is 2.83. The zero-order chi connectivity index (χ0) is 14.4. The lowest BCUT2D eigenvalue weighted by Crippen LogP contribution is -2.25. The van der Waals surface area contributed by atoms with Gasteiger partial charge in [0.1, 0.15) is 0 Å². The van der Waals surface area contributed by atoms with E-state index in [0.29, 0.717) is 17.8 Å². The number of hydrazine groups is 1. The number of anilines is 4. The lowest BCUT2D eigenvalue weighted by atomic mass is 10.3. The number of nitrogens with two attached hydrogens (primary N) is 1. The van der Waals surface area contributed by atoms with Crippen molar-refractivity contribution in [3.63, 3.8) is 0 Å². The van der Waals surface area contributed by atoms with Crippen molar-refractivity contribution in [1.29, 1.82) is 0 Å². The van der Waals surface area contributed by atoms with Crippen molar-refractivity contribution >= 4 is 23.5 Å². The zero-order valence-corrected chi connectivity index (χ0v) is 11.7. The maximum Gasteiger partial charge on any atom is 0.243 e. The summed E-state index contributed by atoms with van der Waals surface area (Å²) in [6.45, 7) is 5.73. The number of aromatic nitrogens is 3. The van der Waals surface area contributed by atoms with E-state index in [2.05, 4.69) is 25.7 Å². The van der Waals surface area contributed by atoms with E-state index in [0.717, 1.165) is 18.8 Å². The summed E-state index contributed by atoms with van der Waals surface area (Å²) in [4.78, 5) is 14.9. The molecule has 0 amide bonds. The van der Waals surface area contributed by atoms with E-state index in [4.69, 9.17) is 5.84 Å². The molecule has 0 bridgehead atoms. The molecule has 1 aromatic carbocycles. The number of hydrogen-bond acceptors (Lipinski definition) is 7. The molecule has 2 aromatic rings. The van der Waals surface area contributed by atoms with Crippen LogP contribution in [0.2, 0.25) is 0 Å². The van der Waals surface area contributed by atoms with Crippen molar-refractivity contribution < 1.29 is 0 Å². The van der Waals surface area contributed by atoms with Crippen molar-refractivity contribution in [3.8, 4) is 0 Å². The highest BCUT2D eigenvalue weighted by Crippen LogP contribution is 2.16. The van der Waals surface area contributed by atoms with Gasteiger partial charge in [0.15, 0.2) is 0 Å². The summed E-state index contributed by atoms with van der Waals surface area (Å²) < 4.78 is 0. The Bertz CT molecular complexity index is 540. The third-order valence-electron chi connectivity index (χ3n) is 2.83. The minimum Gasteiger partial charge on any atom is -0.341 e. The fraction of sp³-hybridized carbons (Fsp3) is 0.308. The van der Waals surface area contributed by atoms with E-state index in [1.165, 1.54) is 0 Å². The summed E-state index contributed by atoms with van der Waals surface area (Å²) in [5.74, 6) is 6.80. The first-order valence-corrected chi connectivity index (χ1v) is 6.56. The highest BCUT2D eigenvalue weighted by molar-refractivity contribution is 5.55. The van der Waals surface area contributed by atoms with Crippen LogP contribution in [0.3, 0.4) is 0 Å². The van der Waals surface area contributed by atoms with E-state index in [9.17, 15) is 0 Å². The number of para-hydroxylation sites is 1. The molecule has 4 N–H and O–H groups in total. The van der Waals surface area contributed by atoms with Crippen LogP contribution >= 0.6 is 0 Å². The van der Waals surface area contributed by atoms with Gasteiger partial charge in [-0.3, -0.25) is 5.43 Å². The van der Waals surface area contributed by atoms with Crippen LogP contribution in [0.4, 0.5) is 23.5 Å². The summed E-state index contributed by atoms with van der Waals surface area (Å²) in [5.41, 5.74) is 3.38. The van der Waals surface area contributed by atoms with E-state index in [1.807, 2.05) is 49.1 Å². The Morgan fingerprint density at radius 1 is 1.00 bits per heavy atom. The smallest absolute Gasteiger partial charge is 0.243 e. The molecule has 0 saturated heterocycles. The third kappa shape index (κ3) is 3.33. The first-order valence-electron chi connectivity index (χ1n) is 6.56. The quantitative estimate of drug-likeness (QED) is 0.545. The van der Waals surface area contributed by atoms with E-state index < -0.39 is 0 Å². The minimum absolute atomic E-state index is 0.334. The van der Waals surface area contributed by atoms with Crippen molar-refractivity contribution in [3.05, 3.63) is 30.3 Å². The number of nitrogen functional groups attached to an aromatic ring is 1. The van der Waals surface area contributed by atoms with Crippen molar-refractivity contribution in [2.75, 3.05) is 28.7 Å². The predicted octanol–water partition coefficient (Wildman–Crippen LogP) is 1.75. The van der Waals surface area contributed by atoms with Crippen LogP contribution in [0.15, 0.2) is 30.3 Å². The zero-order valence-electron chi connectivity index (χ0n) is 11.7. The fourth-order valence-corrected chi connectivity index (χ4v) is 1.78. The van der Waals surface area contributed by atoms with Gasteiger partial charge < -0.3 is 10.2 Å². The Labute approximate surface area is 118 Å². The summed E-state index contributed by atoms with van der Waals surface area (Å²) >= 11 is 0. The van der Waals surface area contributed by atoms with Gasteiger partial charge in [-0.1, -0.05) is 18.2 Å². The predicted molar refractivity (Wildman–Crippen MR) is 80.9 cm³/mol.